The number of thiophene rings is 1. The van der Waals surface area contributed by atoms with Gasteiger partial charge in [-0.25, -0.2) is 8.78 Å². The summed E-state index contributed by atoms with van der Waals surface area (Å²) in [5, 5.41) is 12.9. The lowest BCUT2D eigenvalue weighted by atomic mass is 9.86. The van der Waals surface area contributed by atoms with E-state index in [1.807, 2.05) is 12.1 Å². The number of nitrogens with one attached hydrogen (secondary N) is 1. The molecule has 2 aliphatic heterocycles. The maximum Gasteiger partial charge on any atom is 0.248 e. The lowest BCUT2D eigenvalue weighted by Crippen LogP contribution is -2.45. The SMILES string of the molecule is COc1ccc([C@H](CCN2[C@@H]3CC[C@H]2CC(n2c(C)nnc2C(C)C)C3)NC(=O)C2CCC(F)(F)CC2)s1. The molecule has 5 rings (SSSR count). The van der Waals surface area contributed by atoms with E-state index in [0.29, 0.717) is 24.0 Å². The third kappa shape index (κ3) is 5.76. The van der Waals surface area contributed by atoms with Crippen LogP contribution in [-0.4, -0.2) is 57.2 Å². The van der Waals surface area contributed by atoms with Gasteiger partial charge in [-0.05, 0) is 64.0 Å². The normalized spacial score (nSPS) is 26.6. The van der Waals surface area contributed by atoms with Gasteiger partial charge < -0.3 is 14.6 Å². The Morgan fingerprint density at radius 3 is 2.42 bits per heavy atom. The van der Waals surface area contributed by atoms with Crippen LogP contribution in [0.15, 0.2) is 12.1 Å². The smallest absolute Gasteiger partial charge is 0.248 e. The van der Waals surface area contributed by atoms with E-state index in [1.165, 1.54) is 12.8 Å². The van der Waals surface area contributed by atoms with E-state index in [0.717, 1.165) is 47.4 Å². The first-order valence-electron chi connectivity index (χ1n) is 14.1. The third-order valence-corrected chi connectivity index (χ3v) is 10.0. The molecule has 1 saturated carbocycles. The van der Waals surface area contributed by atoms with Crippen LogP contribution >= 0.6 is 11.3 Å². The number of methoxy groups -OCH3 is 1. The highest BCUT2D eigenvalue weighted by atomic mass is 32.1. The average molecular weight is 550 g/mol. The fourth-order valence-corrected chi connectivity index (χ4v) is 7.75. The summed E-state index contributed by atoms with van der Waals surface area (Å²) in [5.74, 6) is -0.646. The second-order valence-electron chi connectivity index (χ2n) is 11.7. The summed E-state index contributed by atoms with van der Waals surface area (Å²) in [4.78, 5) is 16.8. The van der Waals surface area contributed by atoms with E-state index in [4.69, 9.17) is 4.74 Å². The number of rotatable bonds is 9. The molecule has 2 bridgehead atoms. The van der Waals surface area contributed by atoms with E-state index >= 15 is 0 Å². The Labute approximate surface area is 228 Å². The summed E-state index contributed by atoms with van der Waals surface area (Å²) in [7, 11) is 1.65. The largest absolute Gasteiger partial charge is 0.487 e. The second kappa shape index (κ2) is 11.2. The van der Waals surface area contributed by atoms with Gasteiger partial charge in [0.2, 0.25) is 11.8 Å². The molecular formula is C28H41F2N5O2S. The topological polar surface area (TPSA) is 72.3 Å². The maximum absolute atomic E-state index is 13.7. The molecule has 3 aliphatic rings. The van der Waals surface area contributed by atoms with Gasteiger partial charge in [-0.15, -0.1) is 21.5 Å². The van der Waals surface area contributed by atoms with Gasteiger partial charge in [-0.3, -0.25) is 9.69 Å². The molecule has 2 aromatic heterocycles. The predicted molar refractivity (Wildman–Crippen MR) is 144 cm³/mol. The van der Waals surface area contributed by atoms with E-state index in [2.05, 4.69) is 45.8 Å². The number of aromatic nitrogens is 3. The van der Waals surface area contributed by atoms with Crippen LogP contribution in [0.2, 0.25) is 0 Å². The summed E-state index contributed by atoms with van der Waals surface area (Å²) in [6.45, 7) is 7.31. The highest BCUT2D eigenvalue weighted by Crippen LogP contribution is 2.43. The number of hydrogen-bond donors (Lipinski definition) is 1. The molecule has 0 radical (unpaired) electrons. The molecule has 1 N–H and O–H groups in total. The van der Waals surface area contributed by atoms with Gasteiger partial charge in [0.25, 0.3) is 0 Å². The van der Waals surface area contributed by atoms with E-state index in [-0.39, 0.29) is 43.6 Å². The number of fused-ring (bicyclic) bond motifs is 2. The molecule has 0 spiro atoms. The number of ether oxygens (including phenoxy) is 1. The molecule has 7 nitrogen and oxygen atoms in total. The summed E-state index contributed by atoms with van der Waals surface area (Å²) in [6.07, 6.45) is 5.45. The Kier molecular flexibility index (Phi) is 8.10. The molecule has 1 amide bonds. The molecule has 3 fully saturated rings. The first-order chi connectivity index (χ1) is 18.1. The van der Waals surface area contributed by atoms with Crippen molar-refractivity contribution in [2.45, 2.75) is 115 Å². The monoisotopic (exact) mass is 549 g/mol. The Morgan fingerprint density at radius 1 is 1.13 bits per heavy atom. The van der Waals surface area contributed by atoms with Gasteiger partial charge in [0.1, 0.15) is 11.6 Å². The average Bonchev–Trinajstić information content (AvgIpc) is 3.57. The molecule has 210 valence electrons. The Bertz CT molecular complexity index is 1090. The van der Waals surface area contributed by atoms with Crippen LogP contribution in [0.1, 0.15) is 106 Å². The highest BCUT2D eigenvalue weighted by molar-refractivity contribution is 7.13. The quantitative estimate of drug-likeness (QED) is 0.414. The van der Waals surface area contributed by atoms with Crippen molar-refractivity contribution in [2.24, 2.45) is 5.92 Å². The number of carbonyl (C=O) groups is 1. The van der Waals surface area contributed by atoms with Gasteiger partial charge in [0, 0.05) is 54.2 Å². The number of nitrogens with zero attached hydrogens (tertiary/aromatic N) is 4. The Hall–Kier alpha value is -2.07. The zero-order chi connectivity index (χ0) is 27.0. The van der Waals surface area contributed by atoms with Crippen LogP contribution in [0.4, 0.5) is 8.78 Å². The standard InChI is InChI=1S/C28H41F2N5O2S/c1-17(2)26-33-32-18(3)35(26)22-15-20-5-6-21(16-22)34(20)14-11-23(24-7-8-25(37-4)38-24)31-27(36)19-9-12-28(29,30)13-10-19/h7-8,17,19-23H,5-6,9-16H2,1-4H3,(H,31,36)/t20-,21+,22?,23-/m0/s1. The number of amides is 1. The van der Waals surface area contributed by atoms with Gasteiger partial charge >= 0.3 is 0 Å². The first-order valence-corrected chi connectivity index (χ1v) is 15.0. The lowest BCUT2D eigenvalue weighted by molar-refractivity contribution is -0.130. The van der Waals surface area contributed by atoms with Crippen molar-refractivity contribution in [3.05, 3.63) is 28.7 Å². The van der Waals surface area contributed by atoms with Crippen molar-refractivity contribution < 1.29 is 18.3 Å². The lowest BCUT2D eigenvalue weighted by Gasteiger charge is -2.40. The number of piperidine rings is 1. The predicted octanol–water partition coefficient (Wildman–Crippen LogP) is 6.02. The molecule has 4 atom stereocenters. The van der Waals surface area contributed by atoms with Crippen molar-refractivity contribution in [1.82, 2.24) is 25.0 Å². The molecule has 1 aliphatic carbocycles. The minimum Gasteiger partial charge on any atom is -0.487 e. The van der Waals surface area contributed by atoms with Crippen LogP contribution in [-0.2, 0) is 4.79 Å². The maximum atomic E-state index is 13.7. The number of alkyl halides is 2. The number of halogens is 2. The van der Waals surface area contributed by atoms with Crippen LogP contribution in [0.25, 0.3) is 0 Å². The van der Waals surface area contributed by atoms with Crippen molar-refractivity contribution >= 4 is 17.2 Å². The van der Waals surface area contributed by atoms with Gasteiger partial charge in [0.15, 0.2) is 5.06 Å². The first kappa shape index (κ1) is 27.5. The molecule has 10 heteroatoms. The molecular weight excluding hydrogens is 508 g/mol. The fourth-order valence-electron chi connectivity index (χ4n) is 6.84. The molecule has 0 aromatic carbocycles. The van der Waals surface area contributed by atoms with Crippen molar-refractivity contribution in [3.63, 3.8) is 0 Å². The molecule has 1 unspecified atom stereocenters. The summed E-state index contributed by atoms with van der Waals surface area (Å²) in [6, 6.07) is 5.25. The molecule has 4 heterocycles. The van der Waals surface area contributed by atoms with Crippen molar-refractivity contribution in [1.29, 1.82) is 0 Å². The summed E-state index contributed by atoms with van der Waals surface area (Å²) >= 11 is 1.55. The Morgan fingerprint density at radius 2 is 1.82 bits per heavy atom. The van der Waals surface area contributed by atoms with Crippen molar-refractivity contribution in [2.75, 3.05) is 13.7 Å². The Balaban J connectivity index is 1.25. The van der Waals surface area contributed by atoms with Crippen LogP contribution in [0.3, 0.4) is 0 Å². The van der Waals surface area contributed by atoms with Gasteiger partial charge in [-0.1, -0.05) is 13.8 Å². The third-order valence-electron chi connectivity index (χ3n) is 8.86. The van der Waals surface area contributed by atoms with Crippen molar-refractivity contribution in [3.8, 4) is 5.06 Å². The zero-order valence-electron chi connectivity index (χ0n) is 23.0. The van der Waals surface area contributed by atoms with Crippen LogP contribution in [0.5, 0.6) is 5.06 Å². The number of hydrogen-bond acceptors (Lipinski definition) is 6. The summed E-state index contributed by atoms with van der Waals surface area (Å²) < 4.78 is 35.1. The van der Waals surface area contributed by atoms with Crippen LogP contribution in [0, 0.1) is 12.8 Å². The van der Waals surface area contributed by atoms with E-state index in [9.17, 15) is 13.6 Å². The minimum absolute atomic E-state index is 0.0937. The molecule has 2 saturated heterocycles. The minimum atomic E-state index is -2.63. The second-order valence-corrected chi connectivity index (χ2v) is 12.8. The van der Waals surface area contributed by atoms with Gasteiger partial charge in [0.05, 0.1) is 13.2 Å². The van der Waals surface area contributed by atoms with Crippen LogP contribution < -0.4 is 10.1 Å². The molecule has 2 aromatic rings. The fraction of sp³-hybridized carbons (Fsp3) is 0.750. The number of aryl methyl sites for hydroxylation is 1. The molecule has 38 heavy (non-hydrogen) atoms. The number of carbonyl (C=O) groups excluding carboxylic acids is 1. The summed E-state index contributed by atoms with van der Waals surface area (Å²) in [5.41, 5.74) is 0. The van der Waals surface area contributed by atoms with Gasteiger partial charge in [-0.2, -0.15) is 0 Å². The zero-order valence-corrected chi connectivity index (χ0v) is 23.8. The van der Waals surface area contributed by atoms with E-state index < -0.39 is 5.92 Å². The van der Waals surface area contributed by atoms with E-state index in [1.54, 1.807) is 18.4 Å². The highest BCUT2D eigenvalue weighted by Gasteiger charge is 2.43.